The Labute approximate surface area is 108 Å². The van der Waals surface area contributed by atoms with Crippen LogP contribution in [0.25, 0.3) is 0 Å². The minimum Gasteiger partial charge on any atom is -0.518 e. The maximum Gasteiger partial charge on any atom is 0.292 e. The summed E-state index contributed by atoms with van der Waals surface area (Å²) in [5.74, 6) is -0.0172. The van der Waals surface area contributed by atoms with E-state index < -0.39 is 8.32 Å². The van der Waals surface area contributed by atoms with Gasteiger partial charge in [0.2, 0.25) is 0 Å². The number of hydrogen-bond donors (Lipinski definition) is 0. The first-order valence-corrected chi connectivity index (χ1v) is 8.94. The van der Waals surface area contributed by atoms with E-state index in [1.165, 1.54) is 0 Å². The predicted molar refractivity (Wildman–Crippen MR) is 76.3 cm³/mol. The summed E-state index contributed by atoms with van der Waals surface area (Å²) >= 11 is 0. The fourth-order valence-electron chi connectivity index (χ4n) is 2.87. The highest BCUT2D eigenvalue weighted by atomic mass is 28.4. The molecule has 17 heavy (non-hydrogen) atoms. The summed E-state index contributed by atoms with van der Waals surface area (Å²) in [6.45, 7) is 16.9. The summed E-state index contributed by atoms with van der Waals surface area (Å²) in [6.07, 6.45) is 2.15. The first-order chi connectivity index (χ1) is 7.78. The molecule has 0 fully saturated rings. The van der Waals surface area contributed by atoms with Gasteiger partial charge in [0.15, 0.2) is 0 Å². The third-order valence-corrected chi connectivity index (χ3v) is 9.62. The van der Waals surface area contributed by atoms with Gasteiger partial charge in [0.25, 0.3) is 14.3 Å². The van der Waals surface area contributed by atoms with Gasteiger partial charge in [-0.25, -0.2) is 0 Å². The molecule has 0 bridgehead atoms. The standard InChI is InChI=1S/C14H29O2Si/c1-8-9-10-14(15)16-17(11(2)3,12(4)5)13(6)7/h11-13H,1,8-10H2,2-7H3. The third kappa shape index (κ3) is 4.13. The number of carbonyl (C=O) groups is 1. The zero-order chi connectivity index (χ0) is 13.6. The van der Waals surface area contributed by atoms with Crippen LogP contribution in [0, 0.1) is 6.92 Å². The van der Waals surface area contributed by atoms with Gasteiger partial charge in [0.05, 0.1) is 0 Å². The maximum atomic E-state index is 11.9. The van der Waals surface area contributed by atoms with Crippen LogP contribution in [0.2, 0.25) is 16.6 Å². The zero-order valence-corrected chi connectivity index (χ0v) is 13.4. The fraction of sp³-hybridized carbons (Fsp3) is 0.857. The molecule has 0 aromatic carbocycles. The molecule has 0 aliphatic carbocycles. The minimum absolute atomic E-state index is 0.0172. The van der Waals surface area contributed by atoms with Gasteiger partial charge in [0, 0.05) is 6.42 Å². The van der Waals surface area contributed by atoms with E-state index in [2.05, 4.69) is 48.5 Å². The minimum atomic E-state index is -2.01. The van der Waals surface area contributed by atoms with Gasteiger partial charge >= 0.3 is 0 Å². The summed E-state index contributed by atoms with van der Waals surface area (Å²) in [5, 5.41) is 0. The Bertz CT molecular complexity index is 213. The van der Waals surface area contributed by atoms with E-state index >= 15 is 0 Å². The van der Waals surface area contributed by atoms with Crippen molar-refractivity contribution in [3.05, 3.63) is 6.92 Å². The van der Waals surface area contributed by atoms with Gasteiger partial charge in [-0.1, -0.05) is 54.9 Å². The molecule has 0 unspecified atom stereocenters. The summed E-state index contributed by atoms with van der Waals surface area (Å²) in [7, 11) is -2.01. The predicted octanol–water partition coefficient (Wildman–Crippen LogP) is 4.71. The summed E-state index contributed by atoms with van der Waals surface area (Å²) in [6, 6.07) is 0. The van der Waals surface area contributed by atoms with E-state index in [0.29, 0.717) is 23.0 Å². The van der Waals surface area contributed by atoms with Crippen molar-refractivity contribution in [1.29, 1.82) is 0 Å². The molecule has 0 aromatic rings. The lowest BCUT2D eigenvalue weighted by Gasteiger charge is -2.41. The number of unbranched alkanes of at least 4 members (excludes halogenated alkanes) is 1. The van der Waals surface area contributed by atoms with Crippen LogP contribution in [0.5, 0.6) is 0 Å². The average Bonchev–Trinajstić information content (AvgIpc) is 2.21. The number of rotatable bonds is 7. The zero-order valence-electron chi connectivity index (χ0n) is 12.4. The van der Waals surface area contributed by atoms with Crippen LogP contribution in [-0.4, -0.2) is 14.3 Å². The SMILES string of the molecule is [CH2]CCCC(=O)O[Si](C(C)C)(C(C)C)C(C)C. The lowest BCUT2D eigenvalue weighted by atomic mass is 10.3. The van der Waals surface area contributed by atoms with Gasteiger partial charge in [-0.15, -0.1) is 0 Å². The highest BCUT2D eigenvalue weighted by molar-refractivity contribution is 6.78. The van der Waals surface area contributed by atoms with Crippen molar-refractivity contribution in [3.8, 4) is 0 Å². The molecule has 0 N–H and O–H groups in total. The molecular weight excluding hydrogens is 228 g/mol. The molecule has 0 saturated heterocycles. The Morgan fingerprint density at radius 3 is 1.76 bits per heavy atom. The Morgan fingerprint density at radius 1 is 1.06 bits per heavy atom. The Morgan fingerprint density at radius 2 is 1.47 bits per heavy atom. The van der Waals surface area contributed by atoms with Crippen LogP contribution in [0.3, 0.4) is 0 Å². The van der Waals surface area contributed by atoms with Crippen LogP contribution in [-0.2, 0) is 9.22 Å². The van der Waals surface area contributed by atoms with E-state index in [9.17, 15) is 4.79 Å². The van der Waals surface area contributed by atoms with E-state index in [1.54, 1.807) is 0 Å². The van der Waals surface area contributed by atoms with Gasteiger partial charge in [-0.2, -0.15) is 0 Å². The van der Waals surface area contributed by atoms with Crippen LogP contribution < -0.4 is 0 Å². The molecular formula is C14H29O2Si. The molecule has 0 rings (SSSR count). The molecule has 0 aliphatic heterocycles. The van der Waals surface area contributed by atoms with Crippen molar-refractivity contribution in [2.45, 2.75) is 77.4 Å². The van der Waals surface area contributed by atoms with Crippen molar-refractivity contribution in [2.75, 3.05) is 0 Å². The van der Waals surface area contributed by atoms with Crippen molar-refractivity contribution in [2.24, 2.45) is 0 Å². The molecule has 0 aliphatic rings. The van der Waals surface area contributed by atoms with E-state index in [0.717, 1.165) is 12.8 Å². The molecule has 0 spiro atoms. The number of hydrogen-bond acceptors (Lipinski definition) is 2. The first kappa shape index (κ1) is 16.7. The van der Waals surface area contributed by atoms with Crippen LogP contribution in [0.4, 0.5) is 0 Å². The molecule has 0 amide bonds. The highest BCUT2D eigenvalue weighted by Crippen LogP contribution is 2.42. The van der Waals surface area contributed by atoms with Crippen LogP contribution >= 0.6 is 0 Å². The van der Waals surface area contributed by atoms with Crippen molar-refractivity contribution >= 4 is 14.3 Å². The smallest absolute Gasteiger partial charge is 0.292 e. The Hall–Kier alpha value is -0.313. The number of carbonyl (C=O) groups excluding carboxylic acids is 1. The molecule has 0 heterocycles. The molecule has 0 atom stereocenters. The molecule has 0 saturated carbocycles. The normalized spacial score (nSPS) is 12.6. The van der Waals surface area contributed by atoms with E-state index in [-0.39, 0.29) is 5.97 Å². The lowest BCUT2D eigenvalue weighted by Crippen LogP contribution is -2.49. The molecule has 101 valence electrons. The topological polar surface area (TPSA) is 26.3 Å². The van der Waals surface area contributed by atoms with Crippen molar-refractivity contribution < 1.29 is 9.22 Å². The second kappa shape index (κ2) is 7.19. The summed E-state index contributed by atoms with van der Waals surface area (Å²) < 4.78 is 6.00. The van der Waals surface area contributed by atoms with Gasteiger partial charge < -0.3 is 4.43 Å². The Balaban J connectivity index is 4.87. The third-order valence-electron chi connectivity index (χ3n) is 3.63. The first-order valence-electron chi connectivity index (χ1n) is 6.80. The highest BCUT2D eigenvalue weighted by Gasteiger charge is 2.47. The second-order valence-corrected chi connectivity index (χ2v) is 11.1. The summed E-state index contributed by atoms with van der Waals surface area (Å²) in [5.41, 5.74) is 1.39. The fourth-order valence-corrected chi connectivity index (χ4v) is 8.07. The lowest BCUT2D eigenvalue weighted by molar-refractivity contribution is -0.135. The Kier molecular flexibility index (Phi) is 7.06. The van der Waals surface area contributed by atoms with Gasteiger partial charge in [0.1, 0.15) is 0 Å². The molecule has 3 heteroatoms. The van der Waals surface area contributed by atoms with Crippen LogP contribution in [0.1, 0.15) is 60.8 Å². The second-order valence-electron chi connectivity index (χ2n) is 5.75. The average molecular weight is 257 g/mol. The van der Waals surface area contributed by atoms with Gasteiger partial charge in [-0.05, 0) is 23.0 Å². The monoisotopic (exact) mass is 257 g/mol. The van der Waals surface area contributed by atoms with E-state index in [4.69, 9.17) is 4.43 Å². The molecule has 2 nitrogen and oxygen atoms in total. The summed E-state index contributed by atoms with van der Waals surface area (Å²) in [4.78, 5) is 11.9. The molecule has 0 aromatic heterocycles. The van der Waals surface area contributed by atoms with E-state index in [1.807, 2.05) is 0 Å². The maximum absolute atomic E-state index is 11.9. The van der Waals surface area contributed by atoms with Crippen molar-refractivity contribution in [3.63, 3.8) is 0 Å². The van der Waals surface area contributed by atoms with Gasteiger partial charge in [-0.3, -0.25) is 4.79 Å². The van der Waals surface area contributed by atoms with Crippen molar-refractivity contribution in [1.82, 2.24) is 0 Å². The van der Waals surface area contributed by atoms with Crippen LogP contribution in [0.15, 0.2) is 0 Å². The quantitative estimate of drug-likeness (QED) is 0.617. The molecule has 1 radical (unpaired) electrons. The largest absolute Gasteiger partial charge is 0.518 e.